The Hall–Kier alpha value is -3.63. The van der Waals surface area contributed by atoms with Crippen molar-refractivity contribution in [3.8, 4) is 16.9 Å². The van der Waals surface area contributed by atoms with Gasteiger partial charge in [-0.2, -0.15) is 5.10 Å². The second kappa shape index (κ2) is 8.62. The third-order valence-electron chi connectivity index (χ3n) is 5.95. The Morgan fingerprint density at radius 3 is 2.68 bits per heavy atom. The molecule has 6 rings (SSSR count). The second-order valence-corrected chi connectivity index (χ2v) is 9.13. The summed E-state index contributed by atoms with van der Waals surface area (Å²) in [5, 5.41) is 14.8. The number of aromatic nitrogens is 6. The van der Waals surface area contributed by atoms with E-state index < -0.39 is 0 Å². The van der Waals surface area contributed by atoms with Gasteiger partial charge in [0.05, 0.1) is 43.9 Å². The molecule has 0 amide bonds. The van der Waals surface area contributed by atoms with Crippen molar-refractivity contribution in [1.82, 2.24) is 29.4 Å². The molecule has 0 aliphatic carbocycles. The first kappa shape index (κ1) is 20.9. The van der Waals surface area contributed by atoms with Crippen molar-refractivity contribution in [2.24, 2.45) is 7.05 Å². The molecule has 0 unspecified atom stereocenters. The lowest BCUT2D eigenvalue weighted by Gasteiger charge is -2.30. The maximum atomic E-state index is 5.87. The molecule has 0 bridgehead atoms. The summed E-state index contributed by atoms with van der Waals surface area (Å²) in [7, 11) is 3.62. The molecule has 172 valence electrons. The number of morpholine rings is 1. The maximum Gasteiger partial charge on any atom is 0.200 e. The number of anilines is 1. The fourth-order valence-electron chi connectivity index (χ4n) is 4.23. The van der Waals surface area contributed by atoms with Crippen molar-refractivity contribution in [2.45, 2.75) is 10.1 Å². The van der Waals surface area contributed by atoms with Crippen LogP contribution in [0.15, 0.2) is 65.2 Å². The molecule has 0 atom stereocenters. The van der Waals surface area contributed by atoms with Crippen LogP contribution in [0.2, 0.25) is 0 Å². The molecule has 10 heteroatoms. The molecule has 4 aromatic heterocycles. The first-order chi connectivity index (χ1) is 16.7. The number of methoxy groups -OCH3 is 1. The minimum atomic E-state index is 0.706. The van der Waals surface area contributed by atoms with Gasteiger partial charge >= 0.3 is 0 Å². The highest BCUT2D eigenvalue weighted by Gasteiger charge is 2.19. The number of benzene rings is 1. The van der Waals surface area contributed by atoms with Gasteiger partial charge in [-0.3, -0.25) is 14.1 Å². The molecule has 5 aromatic rings. The van der Waals surface area contributed by atoms with Crippen molar-refractivity contribution >= 4 is 34.0 Å². The predicted molar refractivity (Wildman–Crippen MR) is 131 cm³/mol. The number of hydrogen-bond donors (Lipinski definition) is 0. The van der Waals surface area contributed by atoms with Gasteiger partial charge in [0.25, 0.3) is 0 Å². The van der Waals surface area contributed by atoms with E-state index in [1.807, 2.05) is 54.4 Å². The van der Waals surface area contributed by atoms with Crippen LogP contribution in [-0.4, -0.2) is 62.8 Å². The molecule has 1 aliphatic heterocycles. The van der Waals surface area contributed by atoms with Gasteiger partial charge in [0, 0.05) is 53.9 Å². The topological polar surface area (TPSA) is 82.6 Å². The van der Waals surface area contributed by atoms with Crippen LogP contribution in [0.1, 0.15) is 0 Å². The highest BCUT2D eigenvalue weighted by molar-refractivity contribution is 7.99. The number of aryl methyl sites for hydroxylation is 1. The number of nitrogens with zero attached hydrogens (tertiary/aromatic N) is 7. The van der Waals surface area contributed by atoms with Crippen LogP contribution in [0.4, 0.5) is 5.69 Å². The summed E-state index contributed by atoms with van der Waals surface area (Å²) in [5.41, 5.74) is 4.79. The largest absolute Gasteiger partial charge is 0.494 e. The Labute approximate surface area is 200 Å². The van der Waals surface area contributed by atoms with Gasteiger partial charge < -0.3 is 14.4 Å². The Balaban J connectivity index is 1.37. The third kappa shape index (κ3) is 3.74. The lowest BCUT2D eigenvalue weighted by molar-refractivity contribution is 0.122. The van der Waals surface area contributed by atoms with Crippen LogP contribution in [-0.2, 0) is 11.8 Å². The van der Waals surface area contributed by atoms with Gasteiger partial charge in [-0.05, 0) is 42.1 Å². The average Bonchev–Trinajstić information content (AvgIpc) is 3.49. The number of rotatable bonds is 5. The molecule has 0 spiro atoms. The van der Waals surface area contributed by atoms with Gasteiger partial charge in [-0.25, -0.2) is 0 Å². The monoisotopic (exact) mass is 473 g/mol. The van der Waals surface area contributed by atoms with Crippen LogP contribution in [0.25, 0.3) is 27.7 Å². The van der Waals surface area contributed by atoms with E-state index in [2.05, 4.69) is 37.3 Å². The smallest absolute Gasteiger partial charge is 0.200 e. The lowest BCUT2D eigenvalue weighted by Crippen LogP contribution is -2.36. The second-order valence-electron chi connectivity index (χ2n) is 8.09. The van der Waals surface area contributed by atoms with Gasteiger partial charge in [-0.1, -0.05) is 0 Å². The average molecular weight is 474 g/mol. The van der Waals surface area contributed by atoms with Crippen LogP contribution in [0.3, 0.4) is 0 Å². The van der Waals surface area contributed by atoms with Crippen LogP contribution < -0.4 is 9.64 Å². The van der Waals surface area contributed by atoms with Crippen LogP contribution in [0, 0.1) is 0 Å². The summed E-state index contributed by atoms with van der Waals surface area (Å²) in [6, 6.07) is 10.2. The fourth-order valence-corrected chi connectivity index (χ4v) is 5.08. The summed E-state index contributed by atoms with van der Waals surface area (Å²) < 4.78 is 15.2. The van der Waals surface area contributed by atoms with E-state index in [4.69, 9.17) is 9.47 Å². The zero-order valence-electron chi connectivity index (χ0n) is 18.9. The summed E-state index contributed by atoms with van der Waals surface area (Å²) in [5.74, 6) is 0.833. The Morgan fingerprint density at radius 2 is 1.88 bits per heavy atom. The van der Waals surface area contributed by atoms with E-state index in [1.54, 1.807) is 23.6 Å². The van der Waals surface area contributed by atoms with Gasteiger partial charge in [0.1, 0.15) is 0 Å². The van der Waals surface area contributed by atoms with E-state index >= 15 is 0 Å². The summed E-state index contributed by atoms with van der Waals surface area (Å²) in [4.78, 5) is 7.99. The summed E-state index contributed by atoms with van der Waals surface area (Å²) in [6.07, 6.45) is 7.79. The van der Waals surface area contributed by atoms with Crippen LogP contribution >= 0.6 is 11.8 Å². The highest BCUT2D eigenvalue weighted by Crippen LogP contribution is 2.38. The Bertz CT molecular complexity index is 1490. The van der Waals surface area contributed by atoms with Crippen molar-refractivity contribution in [2.75, 3.05) is 38.3 Å². The molecule has 1 aliphatic rings. The molecule has 1 aromatic carbocycles. The summed E-state index contributed by atoms with van der Waals surface area (Å²) >= 11 is 1.56. The van der Waals surface area contributed by atoms with Gasteiger partial charge in [-0.15, -0.1) is 10.2 Å². The van der Waals surface area contributed by atoms with E-state index in [0.29, 0.717) is 13.2 Å². The number of fused-ring (bicyclic) bond motifs is 2. The molecule has 5 heterocycles. The zero-order chi connectivity index (χ0) is 23.1. The zero-order valence-corrected chi connectivity index (χ0v) is 19.7. The lowest BCUT2D eigenvalue weighted by atomic mass is 10.1. The Morgan fingerprint density at radius 1 is 1.00 bits per heavy atom. The van der Waals surface area contributed by atoms with Crippen molar-refractivity contribution in [3.05, 3.63) is 55.1 Å². The van der Waals surface area contributed by atoms with Crippen LogP contribution in [0.5, 0.6) is 5.75 Å². The molecule has 1 fully saturated rings. The minimum Gasteiger partial charge on any atom is -0.494 e. The number of ether oxygens (including phenoxy) is 2. The van der Waals surface area contributed by atoms with E-state index in [0.717, 1.165) is 62.3 Å². The normalized spacial score (nSPS) is 14.2. The Kier molecular flexibility index (Phi) is 5.31. The molecule has 0 N–H and O–H groups in total. The SMILES string of the molecule is COc1c(N2CCOCC2)cnc2ccc(Sc3nnc4ccc(-c5cnn(C)c5)cn34)cc12. The van der Waals surface area contributed by atoms with Gasteiger partial charge in [0.15, 0.2) is 16.6 Å². The first-order valence-corrected chi connectivity index (χ1v) is 11.8. The molecular formula is C24H23N7O2S. The molecular weight excluding hydrogens is 450 g/mol. The van der Waals surface area contributed by atoms with Crippen molar-refractivity contribution in [3.63, 3.8) is 0 Å². The number of hydrogen-bond acceptors (Lipinski definition) is 8. The van der Waals surface area contributed by atoms with E-state index in [1.165, 1.54) is 0 Å². The maximum absolute atomic E-state index is 5.87. The van der Waals surface area contributed by atoms with Crippen molar-refractivity contribution in [1.29, 1.82) is 0 Å². The quantitative estimate of drug-likeness (QED) is 0.382. The molecule has 9 nitrogen and oxygen atoms in total. The fraction of sp³-hybridized carbons (Fsp3) is 0.250. The first-order valence-electron chi connectivity index (χ1n) is 11.0. The minimum absolute atomic E-state index is 0.706. The van der Waals surface area contributed by atoms with E-state index in [9.17, 15) is 0 Å². The molecule has 0 saturated carbocycles. The summed E-state index contributed by atoms with van der Waals surface area (Å²) in [6.45, 7) is 3.06. The highest BCUT2D eigenvalue weighted by atomic mass is 32.2. The molecule has 0 radical (unpaired) electrons. The molecule has 1 saturated heterocycles. The standard InChI is InChI=1S/C24H23N7O2S/c1-29-14-17(12-26-29)16-3-6-22-27-28-24(31(22)15-16)34-18-4-5-20-19(11-18)23(32-2)21(13-25-20)30-7-9-33-10-8-30/h3-6,11-15H,7-10H2,1-2H3. The number of pyridine rings is 2. The third-order valence-corrected chi connectivity index (χ3v) is 6.90. The predicted octanol–water partition coefficient (Wildman–Crippen LogP) is 3.67. The van der Waals surface area contributed by atoms with E-state index in [-0.39, 0.29) is 0 Å². The molecule has 34 heavy (non-hydrogen) atoms. The van der Waals surface area contributed by atoms with Gasteiger partial charge in [0.2, 0.25) is 0 Å². The van der Waals surface area contributed by atoms with Crippen molar-refractivity contribution < 1.29 is 9.47 Å².